The standard InChI is InChI=1S/C19H28FN3O2S.HI/c1-3-21-19(22-11-10-15-6-4-5-7-15)23-13-17-12-18(20)9-8-16(17)14-26(2,24)25;/h6,8-9,12H,3-5,7,10-11,13-14H2,1-2H3,(H2,21,22,23);1H. The van der Waals surface area contributed by atoms with Crippen LogP contribution >= 0.6 is 24.0 Å². The summed E-state index contributed by atoms with van der Waals surface area (Å²) in [7, 11) is -3.19. The molecule has 0 atom stereocenters. The first-order valence-corrected chi connectivity index (χ1v) is 11.1. The third kappa shape index (κ3) is 9.05. The van der Waals surface area contributed by atoms with Crippen LogP contribution < -0.4 is 10.6 Å². The number of sulfone groups is 1. The van der Waals surface area contributed by atoms with Gasteiger partial charge in [0.1, 0.15) is 5.82 Å². The number of guanidine groups is 1. The van der Waals surface area contributed by atoms with E-state index >= 15 is 0 Å². The van der Waals surface area contributed by atoms with Crippen LogP contribution in [0.25, 0.3) is 0 Å². The molecule has 0 aliphatic heterocycles. The minimum Gasteiger partial charge on any atom is -0.357 e. The van der Waals surface area contributed by atoms with Gasteiger partial charge < -0.3 is 10.6 Å². The van der Waals surface area contributed by atoms with Gasteiger partial charge in [-0.2, -0.15) is 0 Å². The van der Waals surface area contributed by atoms with Crippen LogP contribution in [0.1, 0.15) is 43.7 Å². The van der Waals surface area contributed by atoms with Crippen molar-refractivity contribution in [1.82, 2.24) is 10.6 Å². The number of aliphatic imine (C=N–C) groups is 1. The Morgan fingerprint density at radius 2 is 2.04 bits per heavy atom. The third-order valence-corrected chi connectivity index (χ3v) is 5.05. The number of rotatable bonds is 8. The lowest BCUT2D eigenvalue weighted by atomic mass is 10.1. The molecule has 0 saturated carbocycles. The van der Waals surface area contributed by atoms with Crippen molar-refractivity contribution in [3.8, 4) is 0 Å². The Labute approximate surface area is 178 Å². The molecule has 2 rings (SSSR count). The Kier molecular flexibility index (Phi) is 10.3. The molecule has 152 valence electrons. The summed E-state index contributed by atoms with van der Waals surface area (Å²) in [5.41, 5.74) is 2.66. The zero-order chi connectivity index (χ0) is 19.0. The number of hydrogen-bond acceptors (Lipinski definition) is 3. The fourth-order valence-electron chi connectivity index (χ4n) is 2.98. The second-order valence-corrected chi connectivity index (χ2v) is 8.75. The summed E-state index contributed by atoms with van der Waals surface area (Å²) in [6, 6.07) is 4.16. The fraction of sp³-hybridized carbons (Fsp3) is 0.526. The van der Waals surface area contributed by atoms with Crippen LogP contribution in [-0.4, -0.2) is 33.7 Å². The molecule has 0 spiro atoms. The lowest BCUT2D eigenvalue weighted by Crippen LogP contribution is -2.37. The van der Waals surface area contributed by atoms with E-state index in [-0.39, 0.29) is 36.3 Å². The SMILES string of the molecule is CCNC(=NCc1cc(F)ccc1CS(C)(=O)=O)NCCC1=CCCC1.I. The lowest BCUT2D eigenvalue weighted by molar-refractivity contribution is 0.600. The highest BCUT2D eigenvalue weighted by molar-refractivity contribution is 14.0. The summed E-state index contributed by atoms with van der Waals surface area (Å²) in [6.45, 7) is 3.71. The molecule has 8 heteroatoms. The number of nitrogens with one attached hydrogen (secondary N) is 2. The van der Waals surface area contributed by atoms with Crippen molar-refractivity contribution < 1.29 is 12.8 Å². The topological polar surface area (TPSA) is 70.6 Å². The molecule has 0 saturated heterocycles. The van der Waals surface area contributed by atoms with Crippen molar-refractivity contribution in [2.75, 3.05) is 19.3 Å². The van der Waals surface area contributed by atoms with Crippen LogP contribution in [0.5, 0.6) is 0 Å². The minimum atomic E-state index is -3.19. The van der Waals surface area contributed by atoms with Gasteiger partial charge in [-0.1, -0.05) is 17.7 Å². The first-order valence-electron chi connectivity index (χ1n) is 9.02. The first-order chi connectivity index (χ1) is 12.4. The molecule has 0 unspecified atom stereocenters. The van der Waals surface area contributed by atoms with Crippen molar-refractivity contribution in [3.05, 3.63) is 46.8 Å². The van der Waals surface area contributed by atoms with E-state index in [2.05, 4.69) is 21.7 Å². The molecule has 0 aromatic heterocycles. The molecule has 0 fully saturated rings. The van der Waals surface area contributed by atoms with Gasteiger partial charge in [0.05, 0.1) is 12.3 Å². The van der Waals surface area contributed by atoms with E-state index in [1.54, 1.807) is 0 Å². The van der Waals surface area contributed by atoms with E-state index in [0.717, 1.165) is 13.0 Å². The van der Waals surface area contributed by atoms with Gasteiger partial charge in [0.25, 0.3) is 0 Å². The summed E-state index contributed by atoms with van der Waals surface area (Å²) in [5.74, 6) is 0.148. The van der Waals surface area contributed by atoms with Crippen LogP contribution in [0.3, 0.4) is 0 Å². The average molecular weight is 509 g/mol. The summed E-state index contributed by atoms with van der Waals surface area (Å²) in [4.78, 5) is 4.49. The Morgan fingerprint density at radius 1 is 1.26 bits per heavy atom. The average Bonchev–Trinajstić information content (AvgIpc) is 3.07. The van der Waals surface area contributed by atoms with Gasteiger partial charge in [-0.3, -0.25) is 0 Å². The number of allylic oxidation sites excluding steroid dienone is 1. The van der Waals surface area contributed by atoms with Crippen LogP contribution in [0, 0.1) is 5.82 Å². The summed E-state index contributed by atoms with van der Waals surface area (Å²) >= 11 is 0. The van der Waals surface area contributed by atoms with Crippen molar-refractivity contribution in [2.45, 2.75) is 44.9 Å². The van der Waals surface area contributed by atoms with Crippen molar-refractivity contribution in [2.24, 2.45) is 4.99 Å². The number of halogens is 2. The molecule has 0 amide bonds. The number of benzene rings is 1. The molecule has 0 bridgehead atoms. The largest absolute Gasteiger partial charge is 0.357 e. The molecule has 2 N–H and O–H groups in total. The molecule has 0 heterocycles. The van der Waals surface area contributed by atoms with E-state index in [0.29, 0.717) is 23.6 Å². The van der Waals surface area contributed by atoms with Crippen LogP contribution in [-0.2, 0) is 22.1 Å². The molecule has 27 heavy (non-hydrogen) atoms. The maximum atomic E-state index is 13.6. The monoisotopic (exact) mass is 509 g/mol. The summed E-state index contributed by atoms with van der Waals surface area (Å²) in [6.07, 6.45) is 8.05. The smallest absolute Gasteiger partial charge is 0.191 e. The highest BCUT2D eigenvalue weighted by atomic mass is 127. The molecule has 1 aliphatic carbocycles. The van der Waals surface area contributed by atoms with Crippen LogP contribution in [0.15, 0.2) is 34.8 Å². The van der Waals surface area contributed by atoms with E-state index in [1.807, 2.05) is 6.92 Å². The normalized spacial score (nSPS) is 14.5. The first kappa shape index (κ1) is 23.9. The molecular formula is C19H29FIN3O2S. The molecule has 1 aromatic rings. The third-order valence-electron chi connectivity index (χ3n) is 4.21. The van der Waals surface area contributed by atoms with E-state index in [9.17, 15) is 12.8 Å². The zero-order valence-electron chi connectivity index (χ0n) is 15.9. The Morgan fingerprint density at radius 3 is 2.67 bits per heavy atom. The molecule has 0 radical (unpaired) electrons. The van der Waals surface area contributed by atoms with Gasteiger partial charge in [0, 0.05) is 19.3 Å². The fourth-order valence-corrected chi connectivity index (χ4v) is 3.82. The predicted octanol–water partition coefficient (Wildman–Crippen LogP) is 3.54. The van der Waals surface area contributed by atoms with Crippen LogP contribution in [0.4, 0.5) is 4.39 Å². The van der Waals surface area contributed by atoms with Crippen molar-refractivity contribution >= 4 is 39.8 Å². The number of hydrogen-bond donors (Lipinski definition) is 2. The lowest BCUT2D eigenvalue weighted by Gasteiger charge is -2.13. The Hall–Kier alpha value is -1.16. The van der Waals surface area contributed by atoms with Gasteiger partial charge in [-0.15, -0.1) is 24.0 Å². The highest BCUT2D eigenvalue weighted by Gasteiger charge is 2.11. The maximum Gasteiger partial charge on any atom is 0.191 e. The van der Waals surface area contributed by atoms with Gasteiger partial charge in [-0.05, 0) is 55.9 Å². The highest BCUT2D eigenvalue weighted by Crippen LogP contribution is 2.19. The molecule has 5 nitrogen and oxygen atoms in total. The van der Waals surface area contributed by atoms with Gasteiger partial charge >= 0.3 is 0 Å². The quantitative estimate of drug-likeness (QED) is 0.244. The Balaban J connectivity index is 0.00000364. The van der Waals surface area contributed by atoms with E-state index in [4.69, 9.17) is 0 Å². The van der Waals surface area contributed by atoms with E-state index < -0.39 is 15.7 Å². The second-order valence-electron chi connectivity index (χ2n) is 6.61. The van der Waals surface area contributed by atoms with Crippen LogP contribution in [0.2, 0.25) is 0 Å². The maximum absolute atomic E-state index is 13.6. The van der Waals surface area contributed by atoms with Gasteiger partial charge in [0.2, 0.25) is 0 Å². The number of nitrogens with zero attached hydrogens (tertiary/aromatic N) is 1. The van der Waals surface area contributed by atoms with Gasteiger partial charge in [-0.25, -0.2) is 17.8 Å². The predicted molar refractivity (Wildman–Crippen MR) is 120 cm³/mol. The zero-order valence-corrected chi connectivity index (χ0v) is 19.1. The summed E-state index contributed by atoms with van der Waals surface area (Å²) < 4.78 is 36.8. The second kappa shape index (κ2) is 11.6. The van der Waals surface area contributed by atoms with Crippen molar-refractivity contribution in [1.29, 1.82) is 0 Å². The van der Waals surface area contributed by atoms with Gasteiger partial charge in [0.15, 0.2) is 15.8 Å². The van der Waals surface area contributed by atoms with Crippen molar-refractivity contribution in [3.63, 3.8) is 0 Å². The minimum absolute atomic E-state index is 0. The molecular weight excluding hydrogens is 480 g/mol. The molecule has 1 aromatic carbocycles. The molecule has 1 aliphatic rings. The summed E-state index contributed by atoms with van der Waals surface area (Å²) in [5, 5.41) is 6.45. The van der Waals surface area contributed by atoms with E-state index in [1.165, 1.54) is 49.3 Å². The Bertz CT molecular complexity index is 779.